The van der Waals surface area contributed by atoms with E-state index in [-0.39, 0.29) is 11.8 Å². The van der Waals surface area contributed by atoms with Gasteiger partial charge in [0.15, 0.2) is 0 Å². The number of rotatable bonds is 4. The molecule has 2 N–H and O–H groups in total. The highest BCUT2D eigenvalue weighted by molar-refractivity contribution is 5.47. The second kappa shape index (κ2) is 7.81. The summed E-state index contributed by atoms with van der Waals surface area (Å²) in [5, 5.41) is 25.3. The SMILES string of the molecule is O[C@]1(c2ccccc2)[C@@H](c2ccccc2)C[C@@H](c2ccccc2)[C@@]1(O)c1ccccc1. The zero-order valence-corrected chi connectivity index (χ0v) is 17.3. The van der Waals surface area contributed by atoms with Gasteiger partial charge in [-0.2, -0.15) is 0 Å². The molecule has 2 nitrogen and oxygen atoms in total. The summed E-state index contributed by atoms with van der Waals surface area (Å²) in [6.07, 6.45) is 0.630. The molecule has 0 heterocycles. The van der Waals surface area contributed by atoms with Crippen LogP contribution in [-0.4, -0.2) is 10.2 Å². The first-order valence-corrected chi connectivity index (χ1v) is 10.8. The molecule has 0 saturated heterocycles. The lowest BCUT2D eigenvalue weighted by atomic mass is 9.67. The van der Waals surface area contributed by atoms with Gasteiger partial charge in [-0.15, -0.1) is 0 Å². The van der Waals surface area contributed by atoms with Gasteiger partial charge in [-0.25, -0.2) is 0 Å². The predicted octanol–water partition coefficient (Wildman–Crippen LogP) is 5.73. The molecular weight excluding hydrogens is 380 g/mol. The summed E-state index contributed by atoms with van der Waals surface area (Å²) in [5.74, 6) is -0.543. The first kappa shape index (κ1) is 19.7. The second-order valence-corrected chi connectivity index (χ2v) is 8.43. The molecule has 0 aliphatic heterocycles. The molecule has 1 fully saturated rings. The van der Waals surface area contributed by atoms with E-state index in [4.69, 9.17) is 0 Å². The monoisotopic (exact) mass is 406 g/mol. The molecule has 1 aliphatic rings. The van der Waals surface area contributed by atoms with Crippen molar-refractivity contribution in [3.8, 4) is 0 Å². The molecule has 0 bridgehead atoms. The molecule has 1 saturated carbocycles. The van der Waals surface area contributed by atoms with E-state index >= 15 is 0 Å². The normalized spacial score (nSPS) is 27.8. The standard InChI is InChI=1S/C29H26O2/c30-28(24-17-9-3-10-18-24)26(22-13-5-1-6-14-22)21-27(23-15-7-2-8-16-23)29(28,31)25-19-11-4-12-20-25/h1-20,26-27,30-31H,21H2/t26-,27+,28-,29+. The Morgan fingerprint density at radius 3 is 1.06 bits per heavy atom. The third kappa shape index (κ3) is 3.03. The number of benzene rings is 4. The minimum Gasteiger partial charge on any atom is -0.381 e. The van der Waals surface area contributed by atoms with Crippen LogP contribution in [0.4, 0.5) is 0 Å². The smallest absolute Gasteiger partial charge is 0.130 e. The van der Waals surface area contributed by atoms with E-state index in [1.165, 1.54) is 0 Å². The molecule has 2 heteroatoms. The fraction of sp³-hybridized carbons (Fsp3) is 0.172. The highest BCUT2D eigenvalue weighted by atomic mass is 16.4. The van der Waals surface area contributed by atoms with Crippen LogP contribution in [0.15, 0.2) is 121 Å². The molecule has 0 amide bonds. The van der Waals surface area contributed by atoms with Crippen LogP contribution in [0.1, 0.15) is 40.5 Å². The fourth-order valence-electron chi connectivity index (χ4n) is 5.46. The van der Waals surface area contributed by atoms with Crippen LogP contribution in [0.3, 0.4) is 0 Å². The molecule has 0 aromatic heterocycles. The van der Waals surface area contributed by atoms with Gasteiger partial charge >= 0.3 is 0 Å². The highest BCUT2D eigenvalue weighted by Gasteiger charge is 2.66. The van der Waals surface area contributed by atoms with E-state index < -0.39 is 11.2 Å². The maximum absolute atomic E-state index is 12.6. The van der Waals surface area contributed by atoms with Crippen LogP contribution >= 0.6 is 0 Å². The lowest BCUT2D eigenvalue weighted by Gasteiger charge is -2.44. The van der Waals surface area contributed by atoms with Crippen molar-refractivity contribution >= 4 is 0 Å². The minimum absolute atomic E-state index is 0.272. The Morgan fingerprint density at radius 2 is 0.742 bits per heavy atom. The van der Waals surface area contributed by atoms with Gasteiger partial charge in [0.2, 0.25) is 0 Å². The van der Waals surface area contributed by atoms with Crippen molar-refractivity contribution in [3.63, 3.8) is 0 Å². The van der Waals surface area contributed by atoms with Gasteiger partial charge in [0.25, 0.3) is 0 Å². The first-order chi connectivity index (χ1) is 15.2. The van der Waals surface area contributed by atoms with Gasteiger partial charge in [0.05, 0.1) is 0 Å². The Kier molecular flexibility index (Phi) is 4.97. The number of hydrogen-bond acceptors (Lipinski definition) is 2. The summed E-state index contributed by atoms with van der Waals surface area (Å²) < 4.78 is 0. The first-order valence-electron chi connectivity index (χ1n) is 10.8. The molecule has 31 heavy (non-hydrogen) atoms. The Bertz CT molecular complexity index is 1040. The van der Waals surface area contributed by atoms with E-state index in [2.05, 4.69) is 24.3 Å². The van der Waals surface area contributed by atoms with Gasteiger partial charge in [-0.05, 0) is 28.7 Å². The summed E-state index contributed by atoms with van der Waals surface area (Å²) in [5.41, 5.74) is 0.514. The largest absolute Gasteiger partial charge is 0.381 e. The molecule has 4 aromatic rings. The van der Waals surface area contributed by atoms with Crippen molar-refractivity contribution < 1.29 is 10.2 Å². The molecule has 0 radical (unpaired) electrons. The Labute approximate surface area is 183 Å². The summed E-state index contributed by atoms with van der Waals surface area (Å²) in [7, 11) is 0. The molecule has 5 rings (SSSR count). The van der Waals surface area contributed by atoms with Crippen molar-refractivity contribution in [1.29, 1.82) is 0 Å². The van der Waals surface area contributed by atoms with E-state index in [9.17, 15) is 10.2 Å². The maximum Gasteiger partial charge on any atom is 0.130 e. The van der Waals surface area contributed by atoms with Crippen LogP contribution in [0.25, 0.3) is 0 Å². The third-order valence-corrected chi connectivity index (χ3v) is 6.89. The van der Waals surface area contributed by atoms with E-state index in [1.807, 2.05) is 97.1 Å². The predicted molar refractivity (Wildman–Crippen MR) is 124 cm³/mol. The van der Waals surface area contributed by atoms with Crippen molar-refractivity contribution in [3.05, 3.63) is 144 Å². The number of aliphatic hydroxyl groups is 2. The molecule has 1 aliphatic carbocycles. The zero-order valence-electron chi connectivity index (χ0n) is 17.3. The Hall–Kier alpha value is -3.20. The minimum atomic E-state index is -1.50. The zero-order chi connectivity index (χ0) is 21.3. The van der Waals surface area contributed by atoms with Crippen LogP contribution < -0.4 is 0 Å². The third-order valence-electron chi connectivity index (χ3n) is 6.89. The summed E-state index contributed by atoms with van der Waals surface area (Å²) >= 11 is 0. The van der Waals surface area contributed by atoms with E-state index in [0.717, 1.165) is 22.3 Å². The average molecular weight is 407 g/mol. The van der Waals surface area contributed by atoms with Crippen molar-refractivity contribution in [1.82, 2.24) is 0 Å². The van der Waals surface area contributed by atoms with E-state index in [1.54, 1.807) is 0 Å². The lowest BCUT2D eigenvalue weighted by molar-refractivity contribution is -0.158. The molecule has 4 aromatic carbocycles. The summed E-state index contributed by atoms with van der Waals surface area (Å²) in [4.78, 5) is 0. The molecular formula is C29H26O2. The topological polar surface area (TPSA) is 40.5 Å². The second-order valence-electron chi connectivity index (χ2n) is 8.43. The van der Waals surface area contributed by atoms with Crippen LogP contribution in [0, 0.1) is 0 Å². The van der Waals surface area contributed by atoms with E-state index in [0.29, 0.717) is 6.42 Å². The van der Waals surface area contributed by atoms with Crippen LogP contribution in [0.5, 0.6) is 0 Å². The Balaban J connectivity index is 1.81. The molecule has 0 spiro atoms. The molecule has 154 valence electrons. The van der Waals surface area contributed by atoms with Crippen LogP contribution in [-0.2, 0) is 11.2 Å². The molecule has 4 atom stereocenters. The summed E-state index contributed by atoms with van der Waals surface area (Å²) in [6.45, 7) is 0. The molecule has 0 unspecified atom stereocenters. The van der Waals surface area contributed by atoms with Gasteiger partial charge < -0.3 is 10.2 Å². The number of hydrogen-bond donors (Lipinski definition) is 2. The average Bonchev–Trinajstić information content (AvgIpc) is 3.10. The summed E-state index contributed by atoms with van der Waals surface area (Å²) in [6, 6.07) is 39.5. The quantitative estimate of drug-likeness (QED) is 0.454. The van der Waals surface area contributed by atoms with Gasteiger partial charge in [-0.3, -0.25) is 0 Å². The Morgan fingerprint density at radius 1 is 0.452 bits per heavy atom. The highest BCUT2D eigenvalue weighted by Crippen LogP contribution is 2.64. The van der Waals surface area contributed by atoms with Crippen molar-refractivity contribution in [2.24, 2.45) is 0 Å². The van der Waals surface area contributed by atoms with Crippen LogP contribution in [0.2, 0.25) is 0 Å². The van der Waals surface area contributed by atoms with Crippen molar-refractivity contribution in [2.45, 2.75) is 29.5 Å². The van der Waals surface area contributed by atoms with Gasteiger partial charge in [-0.1, -0.05) is 121 Å². The lowest BCUT2D eigenvalue weighted by Crippen LogP contribution is -2.50. The maximum atomic E-state index is 12.6. The van der Waals surface area contributed by atoms with Gasteiger partial charge in [0.1, 0.15) is 11.2 Å². The fourth-order valence-corrected chi connectivity index (χ4v) is 5.46. The van der Waals surface area contributed by atoms with Crippen molar-refractivity contribution in [2.75, 3.05) is 0 Å². The van der Waals surface area contributed by atoms with Gasteiger partial charge in [0, 0.05) is 11.8 Å².